The van der Waals surface area contributed by atoms with Crippen molar-refractivity contribution in [2.24, 2.45) is 5.92 Å². The van der Waals surface area contributed by atoms with Crippen LogP contribution in [0.3, 0.4) is 0 Å². The third kappa shape index (κ3) is 3.12. The van der Waals surface area contributed by atoms with Gasteiger partial charge in [-0.2, -0.15) is 5.10 Å². The number of aromatic amines is 1. The van der Waals surface area contributed by atoms with E-state index in [9.17, 15) is 9.90 Å². The first kappa shape index (κ1) is 13.5. The number of aliphatic hydroxyl groups is 1. The fourth-order valence-electron chi connectivity index (χ4n) is 2.14. The molecule has 19 heavy (non-hydrogen) atoms. The van der Waals surface area contributed by atoms with E-state index in [0.29, 0.717) is 11.6 Å². The summed E-state index contributed by atoms with van der Waals surface area (Å²) in [6.45, 7) is 4.05. The third-order valence-electron chi connectivity index (χ3n) is 3.00. The molecule has 0 saturated carbocycles. The summed E-state index contributed by atoms with van der Waals surface area (Å²) >= 11 is 0. The normalized spacial score (nSPS) is 12.8. The highest BCUT2D eigenvalue weighted by Crippen LogP contribution is 2.15. The second kappa shape index (κ2) is 5.84. The van der Waals surface area contributed by atoms with Gasteiger partial charge >= 0.3 is 0 Å². The molecule has 102 valence electrons. The molecule has 0 spiro atoms. The summed E-state index contributed by atoms with van der Waals surface area (Å²) in [6.07, 6.45) is 0.741. The van der Waals surface area contributed by atoms with E-state index in [4.69, 9.17) is 0 Å². The molecule has 1 aromatic heterocycles. The molecule has 0 aliphatic rings. The molecule has 1 unspecified atom stereocenters. The van der Waals surface area contributed by atoms with E-state index < -0.39 is 0 Å². The largest absolute Gasteiger partial charge is 0.394 e. The van der Waals surface area contributed by atoms with Gasteiger partial charge in [-0.15, -0.1) is 0 Å². The Morgan fingerprint density at radius 2 is 2.16 bits per heavy atom. The van der Waals surface area contributed by atoms with Crippen molar-refractivity contribution in [2.45, 2.75) is 26.3 Å². The van der Waals surface area contributed by atoms with Gasteiger partial charge in [0.1, 0.15) is 0 Å². The van der Waals surface area contributed by atoms with Crippen molar-refractivity contribution in [3.63, 3.8) is 0 Å². The van der Waals surface area contributed by atoms with Gasteiger partial charge in [0, 0.05) is 5.39 Å². The van der Waals surface area contributed by atoms with Gasteiger partial charge in [-0.25, -0.2) is 0 Å². The van der Waals surface area contributed by atoms with E-state index in [1.807, 2.05) is 24.3 Å². The minimum Gasteiger partial charge on any atom is -0.394 e. The van der Waals surface area contributed by atoms with Crippen LogP contribution in [0, 0.1) is 5.92 Å². The molecule has 0 aliphatic heterocycles. The molecular weight excluding hydrogens is 242 g/mol. The van der Waals surface area contributed by atoms with Gasteiger partial charge < -0.3 is 10.4 Å². The first-order valence-corrected chi connectivity index (χ1v) is 6.46. The molecule has 0 fully saturated rings. The van der Waals surface area contributed by atoms with Crippen molar-refractivity contribution < 1.29 is 9.90 Å². The van der Waals surface area contributed by atoms with Crippen LogP contribution in [0.1, 0.15) is 30.8 Å². The lowest BCUT2D eigenvalue weighted by molar-refractivity contribution is 0.0905. The SMILES string of the molecule is CC(C)CC(CO)NC(=O)c1n[nH]c2ccccc12. The number of aliphatic hydroxyl groups excluding tert-OH is 1. The van der Waals surface area contributed by atoms with Crippen LogP contribution in [0.25, 0.3) is 10.9 Å². The Bertz CT molecular complexity index is 563. The number of para-hydroxylation sites is 1. The highest BCUT2D eigenvalue weighted by atomic mass is 16.3. The van der Waals surface area contributed by atoms with Crippen molar-refractivity contribution in [2.75, 3.05) is 6.61 Å². The summed E-state index contributed by atoms with van der Waals surface area (Å²) < 4.78 is 0. The molecule has 1 aromatic carbocycles. The molecule has 0 aliphatic carbocycles. The van der Waals surface area contributed by atoms with Crippen molar-refractivity contribution in [3.8, 4) is 0 Å². The molecule has 3 N–H and O–H groups in total. The van der Waals surface area contributed by atoms with Gasteiger partial charge in [-0.05, 0) is 18.4 Å². The number of hydrogen-bond donors (Lipinski definition) is 3. The molecule has 1 atom stereocenters. The zero-order chi connectivity index (χ0) is 13.8. The third-order valence-corrected chi connectivity index (χ3v) is 3.00. The Balaban J connectivity index is 2.15. The summed E-state index contributed by atoms with van der Waals surface area (Å²) in [5.74, 6) is 0.158. The number of aromatic nitrogens is 2. The maximum Gasteiger partial charge on any atom is 0.272 e. The maximum atomic E-state index is 12.2. The lowest BCUT2D eigenvalue weighted by atomic mass is 10.0. The molecule has 0 radical (unpaired) electrons. The number of H-pyrrole nitrogens is 1. The monoisotopic (exact) mass is 261 g/mol. The molecule has 0 saturated heterocycles. The Morgan fingerprint density at radius 3 is 2.84 bits per heavy atom. The van der Waals surface area contributed by atoms with Gasteiger partial charge in [-0.1, -0.05) is 32.0 Å². The van der Waals surface area contributed by atoms with Crippen molar-refractivity contribution >= 4 is 16.8 Å². The lowest BCUT2D eigenvalue weighted by Gasteiger charge is -2.17. The molecule has 5 heteroatoms. The zero-order valence-corrected chi connectivity index (χ0v) is 11.2. The molecule has 5 nitrogen and oxygen atoms in total. The lowest BCUT2D eigenvalue weighted by Crippen LogP contribution is -2.38. The van der Waals surface area contributed by atoms with Crippen LogP contribution in [0.4, 0.5) is 0 Å². The predicted molar refractivity (Wildman–Crippen MR) is 73.9 cm³/mol. The number of amides is 1. The number of nitrogens with zero attached hydrogens (tertiary/aromatic N) is 1. The molecule has 2 aromatic rings. The Labute approximate surface area is 112 Å². The highest BCUT2D eigenvalue weighted by molar-refractivity contribution is 6.04. The van der Waals surface area contributed by atoms with Crippen LogP contribution >= 0.6 is 0 Å². The van der Waals surface area contributed by atoms with Gasteiger partial charge in [-0.3, -0.25) is 9.89 Å². The van der Waals surface area contributed by atoms with E-state index in [1.54, 1.807) is 0 Å². The van der Waals surface area contributed by atoms with Crippen LogP contribution in [-0.4, -0.2) is 33.9 Å². The fraction of sp³-hybridized carbons (Fsp3) is 0.429. The summed E-state index contributed by atoms with van der Waals surface area (Å²) in [4.78, 5) is 12.2. The van der Waals surface area contributed by atoms with Crippen LogP contribution in [0.2, 0.25) is 0 Å². The molecule has 1 heterocycles. The Hall–Kier alpha value is -1.88. The van der Waals surface area contributed by atoms with Crippen molar-refractivity contribution in [1.29, 1.82) is 0 Å². The van der Waals surface area contributed by atoms with E-state index in [2.05, 4.69) is 29.4 Å². The molecule has 2 rings (SSSR count). The number of carbonyl (C=O) groups excluding carboxylic acids is 1. The summed E-state index contributed by atoms with van der Waals surface area (Å²) in [6, 6.07) is 7.24. The van der Waals surface area contributed by atoms with Gasteiger partial charge in [0.2, 0.25) is 0 Å². The second-order valence-electron chi connectivity index (χ2n) is 5.10. The Morgan fingerprint density at radius 1 is 1.42 bits per heavy atom. The van der Waals surface area contributed by atoms with Gasteiger partial charge in [0.15, 0.2) is 5.69 Å². The summed E-state index contributed by atoms with van der Waals surface area (Å²) in [5, 5.41) is 19.8. The maximum absolute atomic E-state index is 12.2. The van der Waals surface area contributed by atoms with Gasteiger partial charge in [0.25, 0.3) is 5.91 Å². The minimum atomic E-state index is -0.253. The summed E-state index contributed by atoms with van der Waals surface area (Å²) in [5.41, 5.74) is 1.20. The quantitative estimate of drug-likeness (QED) is 0.766. The molecule has 1 amide bonds. The molecular formula is C14H19N3O2. The number of benzene rings is 1. The van der Waals surface area contributed by atoms with Gasteiger partial charge in [0.05, 0.1) is 18.2 Å². The first-order valence-electron chi connectivity index (χ1n) is 6.46. The number of nitrogens with one attached hydrogen (secondary N) is 2. The smallest absolute Gasteiger partial charge is 0.272 e. The average molecular weight is 261 g/mol. The van der Waals surface area contributed by atoms with Crippen molar-refractivity contribution in [3.05, 3.63) is 30.0 Å². The van der Waals surface area contributed by atoms with E-state index in [1.165, 1.54) is 0 Å². The Kier molecular flexibility index (Phi) is 4.16. The second-order valence-corrected chi connectivity index (χ2v) is 5.10. The summed E-state index contributed by atoms with van der Waals surface area (Å²) in [7, 11) is 0. The molecule has 0 bridgehead atoms. The number of hydrogen-bond acceptors (Lipinski definition) is 3. The van der Waals surface area contributed by atoms with Crippen LogP contribution in [-0.2, 0) is 0 Å². The number of rotatable bonds is 5. The fourth-order valence-corrected chi connectivity index (χ4v) is 2.14. The number of carbonyl (C=O) groups is 1. The predicted octanol–water partition coefficient (Wildman–Crippen LogP) is 1.70. The van der Waals surface area contributed by atoms with E-state index in [-0.39, 0.29) is 18.6 Å². The number of fused-ring (bicyclic) bond motifs is 1. The van der Waals surface area contributed by atoms with Crippen molar-refractivity contribution in [1.82, 2.24) is 15.5 Å². The topological polar surface area (TPSA) is 78.0 Å². The zero-order valence-electron chi connectivity index (χ0n) is 11.2. The minimum absolute atomic E-state index is 0.0632. The average Bonchev–Trinajstić information content (AvgIpc) is 2.81. The van der Waals surface area contributed by atoms with Crippen LogP contribution in [0.15, 0.2) is 24.3 Å². The van der Waals surface area contributed by atoms with Crippen LogP contribution < -0.4 is 5.32 Å². The van der Waals surface area contributed by atoms with E-state index in [0.717, 1.165) is 17.3 Å². The standard InChI is InChI=1S/C14H19N3O2/c1-9(2)7-10(8-18)15-14(19)13-11-5-3-4-6-12(11)16-17-13/h3-6,9-10,18H,7-8H2,1-2H3,(H,15,19)(H,16,17). The first-order chi connectivity index (χ1) is 9.11. The van der Waals surface area contributed by atoms with E-state index >= 15 is 0 Å². The highest BCUT2D eigenvalue weighted by Gasteiger charge is 2.18. The van der Waals surface area contributed by atoms with Crippen LogP contribution in [0.5, 0.6) is 0 Å².